The van der Waals surface area contributed by atoms with Crippen molar-refractivity contribution in [1.29, 1.82) is 5.26 Å². The van der Waals surface area contributed by atoms with Crippen LogP contribution in [0.4, 0.5) is 5.82 Å². The fraction of sp³-hybridized carbons (Fsp3) is 0.214. The first kappa shape index (κ1) is 12.8. The molecule has 96 valence electrons. The fourth-order valence-corrected chi connectivity index (χ4v) is 2.03. The van der Waals surface area contributed by atoms with Gasteiger partial charge in [-0.05, 0) is 49.2 Å². The lowest BCUT2D eigenvalue weighted by Crippen LogP contribution is -1.96. The van der Waals surface area contributed by atoms with Gasteiger partial charge < -0.3 is 4.74 Å². The van der Waals surface area contributed by atoms with Crippen LogP contribution in [0.25, 0.3) is 11.3 Å². The molecule has 1 heterocycles. The number of ether oxygens (including phenoxy) is 1. The van der Waals surface area contributed by atoms with Crippen molar-refractivity contribution >= 4 is 5.82 Å². The molecule has 1 N–H and O–H groups in total. The molecule has 0 amide bonds. The number of hydrogen-bond acceptors (Lipinski definition) is 5. The van der Waals surface area contributed by atoms with Crippen LogP contribution in [-0.4, -0.2) is 17.3 Å². The molecule has 5 nitrogen and oxygen atoms in total. The van der Waals surface area contributed by atoms with Crippen LogP contribution in [0.3, 0.4) is 0 Å². The van der Waals surface area contributed by atoms with Crippen molar-refractivity contribution in [3.8, 4) is 23.2 Å². The van der Waals surface area contributed by atoms with E-state index >= 15 is 0 Å². The third-order valence-corrected chi connectivity index (χ3v) is 2.81. The second-order valence-electron chi connectivity index (χ2n) is 4.18. The van der Waals surface area contributed by atoms with E-state index in [1.54, 1.807) is 13.2 Å². The molecule has 1 aromatic heterocycles. The Balaban J connectivity index is 2.39. The van der Waals surface area contributed by atoms with Gasteiger partial charge in [0, 0.05) is 5.56 Å². The third kappa shape index (κ3) is 2.63. The average Bonchev–Trinajstić information content (AvgIpc) is 2.39. The van der Waals surface area contributed by atoms with Crippen LogP contribution < -0.4 is 10.1 Å². The minimum Gasteiger partial charge on any atom is -0.496 e. The highest BCUT2D eigenvalue weighted by atomic mass is 16.5. The van der Waals surface area contributed by atoms with E-state index in [2.05, 4.69) is 15.5 Å². The van der Waals surface area contributed by atoms with Crippen molar-refractivity contribution < 1.29 is 4.74 Å². The van der Waals surface area contributed by atoms with Gasteiger partial charge in [0.05, 0.1) is 12.8 Å². The van der Waals surface area contributed by atoms with Crippen molar-refractivity contribution in [3.05, 3.63) is 35.4 Å². The van der Waals surface area contributed by atoms with Crippen LogP contribution in [-0.2, 0) is 0 Å². The first-order chi connectivity index (χ1) is 9.15. The highest BCUT2D eigenvalue weighted by molar-refractivity contribution is 5.64. The number of benzene rings is 1. The van der Waals surface area contributed by atoms with E-state index in [1.165, 1.54) is 0 Å². The summed E-state index contributed by atoms with van der Waals surface area (Å²) in [5.41, 5.74) is 3.85. The van der Waals surface area contributed by atoms with Gasteiger partial charge in [0.1, 0.15) is 5.75 Å². The van der Waals surface area contributed by atoms with Gasteiger partial charge in [-0.1, -0.05) is 0 Å². The summed E-state index contributed by atoms with van der Waals surface area (Å²) in [5, 5.41) is 19.0. The van der Waals surface area contributed by atoms with Crippen LogP contribution in [0.2, 0.25) is 0 Å². The monoisotopic (exact) mass is 254 g/mol. The van der Waals surface area contributed by atoms with E-state index in [4.69, 9.17) is 10.00 Å². The Labute approximate surface area is 111 Å². The summed E-state index contributed by atoms with van der Waals surface area (Å²) in [6, 6.07) is 7.56. The van der Waals surface area contributed by atoms with Crippen molar-refractivity contribution in [1.82, 2.24) is 10.2 Å². The lowest BCUT2D eigenvalue weighted by Gasteiger charge is -2.10. The number of aryl methyl sites for hydroxylation is 2. The maximum Gasteiger partial charge on any atom is 0.182 e. The van der Waals surface area contributed by atoms with Gasteiger partial charge in [0.15, 0.2) is 12.0 Å². The molecule has 2 aromatic rings. The molecule has 0 saturated carbocycles. The molecule has 0 saturated heterocycles. The molecule has 0 radical (unpaired) electrons. The van der Waals surface area contributed by atoms with Crippen LogP contribution >= 0.6 is 0 Å². The SMILES string of the molecule is COc1c(C)cc(-c2ccc(NC#N)nn2)cc1C. The Hall–Kier alpha value is -2.61. The molecular formula is C14H14N4O. The zero-order valence-electron chi connectivity index (χ0n) is 11.1. The molecule has 19 heavy (non-hydrogen) atoms. The molecule has 0 aliphatic carbocycles. The average molecular weight is 254 g/mol. The lowest BCUT2D eigenvalue weighted by atomic mass is 10.0. The number of nitrogens with zero attached hydrogens (tertiary/aromatic N) is 3. The molecule has 0 unspecified atom stereocenters. The van der Waals surface area contributed by atoms with Gasteiger partial charge in [0.25, 0.3) is 0 Å². The normalized spacial score (nSPS) is 9.79. The van der Waals surface area contributed by atoms with Gasteiger partial charge in [-0.3, -0.25) is 5.32 Å². The second kappa shape index (κ2) is 5.36. The van der Waals surface area contributed by atoms with E-state index in [9.17, 15) is 0 Å². The Morgan fingerprint density at radius 1 is 1.16 bits per heavy atom. The number of methoxy groups -OCH3 is 1. The van der Waals surface area contributed by atoms with Gasteiger partial charge in [-0.15, -0.1) is 10.2 Å². The molecule has 0 spiro atoms. The Kier molecular flexibility index (Phi) is 3.62. The number of rotatable bonds is 3. The van der Waals surface area contributed by atoms with E-state index in [0.29, 0.717) is 5.82 Å². The largest absolute Gasteiger partial charge is 0.496 e. The van der Waals surface area contributed by atoms with Crippen molar-refractivity contribution in [3.63, 3.8) is 0 Å². The highest BCUT2D eigenvalue weighted by Gasteiger charge is 2.08. The topological polar surface area (TPSA) is 70.8 Å². The maximum absolute atomic E-state index is 8.49. The fourth-order valence-electron chi connectivity index (χ4n) is 2.03. The minimum atomic E-state index is 0.438. The Morgan fingerprint density at radius 3 is 2.32 bits per heavy atom. The summed E-state index contributed by atoms with van der Waals surface area (Å²) in [5.74, 6) is 1.33. The molecule has 0 bridgehead atoms. The van der Waals surface area contributed by atoms with Crippen LogP contribution in [0, 0.1) is 25.3 Å². The van der Waals surface area contributed by atoms with Crippen molar-refractivity contribution in [2.45, 2.75) is 13.8 Å². The molecular weight excluding hydrogens is 240 g/mol. The van der Waals surface area contributed by atoms with E-state index in [1.807, 2.05) is 38.2 Å². The van der Waals surface area contributed by atoms with Gasteiger partial charge in [0.2, 0.25) is 0 Å². The number of nitrogens with one attached hydrogen (secondary N) is 1. The lowest BCUT2D eigenvalue weighted by molar-refractivity contribution is 0.408. The Bertz CT molecular complexity index is 606. The second-order valence-corrected chi connectivity index (χ2v) is 4.18. The Morgan fingerprint density at radius 2 is 1.84 bits per heavy atom. The summed E-state index contributed by atoms with van der Waals surface area (Å²) in [6.07, 6.45) is 1.81. The minimum absolute atomic E-state index is 0.438. The zero-order valence-corrected chi connectivity index (χ0v) is 11.1. The van der Waals surface area contributed by atoms with Gasteiger partial charge in [-0.2, -0.15) is 5.26 Å². The predicted molar refractivity (Wildman–Crippen MR) is 72.7 cm³/mol. The zero-order chi connectivity index (χ0) is 13.8. The number of anilines is 1. The molecule has 0 aliphatic rings. The first-order valence-electron chi connectivity index (χ1n) is 5.80. The molecule has 5 heteroatoms. The first-order valence-corrected chi connectivity index (χ1v) is 5.80. The molecule has 0 aliphatic heterocycles. The van der Waals surface area contributed by atoms with Crippen LogP contribution in [0.15, 0.2) is 24.3 Å². The summed E-state index contributed by atoms with van der Waals surface area (Å²) < 4.78 is 5.34. The number of aromatic nitrogens is 2. The van der Waals surface area contributed by atoms with Crippen molar-refractivity contribution in [2.75, 3.05) is 12.4 Å². The standard InChI is InChI=1S/C14H14N4O/c1-9-6-11(7-10(2)14(9)19-3)12-4-5-13(16-8-15)18-17-12/h4-7H,1-3H3,(H,16,18). The third-order valence-electron chi connectivity index (χ3n) is 2.81. The summed E-state index contributed by atoms with van der Waals surface area (Å²) >= 11 is 0. The van der Waals surface area contributed by atoms with E-state index in [0.717, 1.165) is 28.1 Å². The smallest absolute Gasteiger partial charge is 0.182 e. The number of hydrogen-bond donors (Lipinski definition) is 1. The molecule has 0 fully saturated rings. The van der Waals surface area contributed by atoms with Crippen LogP contribution in [0.1, 0.15) is 11.1 Å². The summed E-state index contributed by atoms with van der Waals surface area (Å²) in [6.45, 7) is 3.99. The predicted octanol–water partition coefficient (Wildman–Crippen LogP) is 2.66. The molecule has 2 rings (SSSR count). The molecule has 0 atom stereocenters. The van der Waals surface area contributed by atoms with Gasteiger partial charge in [-0.25, -0.2) is 0 Å². The number of nitriles is 1. The maximum atomic E-state index is 8.49. The van der Waals surface area contributed by atoms with E-state index in [-0.39, 0.29) is 0 Å². The summed E-state index contributed by atoms with van der Waals surface area (Å²) in [4.78, 5) is 0. The van der Waals surface area contributed by atoms with E-state index < -0.39 is 0 Å². The van der Waals surface area contributed by atoms with Gasteiger partial charge >= 0.3 is 0 Å². The van der Waals surface area contributed by atoms with Crippen molar-refractivity contribution in [2.24, 2.45) is 0 Å². The molecule has 1 aromatic carbocycles. The summed E-state index contributed by atoms with van der Waals surface area (Å²) in [7, 11) is 1.66. The van der Waals surface area contributed by atoms with Crippen LogP contribution in [0.5, 0.6) is 5.75 Å². The quantitative estimate of drug-likeness (QED) is 0.673. The highest BCUT2D eigenvalue weighted by Crippen LogP contribution is 2.28.